The highest BCUT2D eigenvalue weighted by molar-refractivity contribution is 6.31. The fraction of sp³-hybridized carbons (Fsp3) is 0.296. The minimum atomic E-state index is -1.46. The normalized spacial score (nSPS) is 12.3. The van der Waals surface area contributed by atoms with Crippen molar-refractivity contribution in [3.63, 3.8) is 0 Å². The number of rotatable bonds is 14. The van der Waals surface area contributed by atoms with Gasteiger partial charge in [-0.25, -0.2) is 0 Å². The topological polar surface area (TPSA) is 170 Å². The lowest BCUT2D eigenvalue weighted by Gasteiger charge is -2.28. The van der Waals surface area contributed by atoms with E-state index >= 15 is 0 Å². The maximum Gasteiger partial charge on any atom is 0.225 e. The van der Waals surface area contributed by atoms with Gasteiger partial charge in [-0.2, -0.15) is 5.10 Å². The van der Waals surface area contributed by atoms with E-state index < -0.39 is 31.3 Å². The number of hydrogen-bond donors (Lipinski definition) is 5. The first-order valence-corrected chi connectivity index (χ1v) is 12.0. The molecule has 3 rings (SSSR count). The van der Waals surface area contributed by atoms with E-state index in [4.69, 9.17) is 5.84 Å². The first kappa shape index (κ1) is 28.5. The number of nitrogens with one attached hydrogen (secondary N) is 1. The zero-order valence-corrected chi connectivity index (χ0v) is 21.0. The third-order valence-electron chi connectivity index (χ3n) is 5.75. The maximum atomic E-state index is 12.3. The summed E-state index contributed by atoms with van der Waals surface area (Å²) in [7, 11) is 0. The highest BCUT2D eigenvalue weighted by Crippen LogP contribution is 2.14. The van der Waals surface area contributed by atoms with Crippen LogP contribution in [0, 0.1) is 0 Å². The van der Waals surface area contributed by atoms with Crippen molar-refractivity contribution in [2.24, 2.45) is 15.9 Å². The molecule has 0 unspecified atom stereocenters. The molecule has 1 amide bonds. The predicted octanol–water partition coefficient (Wildman–Crippen LogP) is 0.570. The quantitative estimate of drug-likeness (QED) is 0.117. The number of amides is 1. The summed E-state index contributed by atoms with van der Waals surface area (Å²) in [5.41, 5.74) is 2.27. The van der Waals surface area contributed by atoms with Crippen molar-refractivity contribution >= 4 is 23.5 Å². The number of aliphatic imine (C=N–C) groups is 1. The van der Waals surface area contributed by atoms with E-state index in [1.165, 1.54) is 0 Å². The van der Waals surface area contributed by atoms with E-state index in [-0.39, 0.29) is 6.42 Å². The Balaban J connectivity index is 1.63. The molecule has 2 heterocycles. The molecule has 11 heteroatoms. The Kier molecular flexibility index (Phi) is 11.0. The number of benzene rings is 1. The average Bonchev–Trinajstić information content (AvgIpc) is 2.96. The van der Waals surface area contributed by atoms with Crippen molar-refractivity contribution in [3.05, 3.63) is 90.0 Å². The Morgan fingerprint density at radius 1 is 0.921 bits per heavy atom. The number of hydrogen-bond acceptors (Lipinski definition) is 10. The zero-order chi connectivity index (χ0) is 27.2. The van der Waals surface area contributed by atoms with Gasteiger partial charge in [0.2, 0.25) is 5.91 Å². The molecule has 0 aliphatic rings. The molecule has 0 aliphatic carbocycles. The van der Waals surface area contributed by atoms with Crippen molar-refractivity contribution < 1.29 is 20.1 Å². The molecule has 1 aromatic carbocycles. The number of aliphatic hydroxyl groups excluding tert-OH is 3. The van der Waals surface area contributed by atoms with E-state index in [2.05, 4.69) is 30.3 Å². The van der Waals surface area contributed by atoms with Crippen LogP contribution in [0.4, 0.5) is 5.69 Å². The molecular weight excluding hydrogens is 486 g/mol. The number of nitrogens with zero attached hydrogens (tertiary/aromatic N) is 5. The summed E-state index contributed by atoms with van der Waals surface area (Å²) in [6, 6.07) is 18.5. The molecule has 200 valence electrons. The lowest BCUT2D eigenvalue weighted by atomic mass is 10.0. The second kappa shape index (κ2) is 14.6. The highest BCUT2D eigenvalue weighted by atomic mass is 16.3. The summed E-state index contributed by atoms with van der Waals surface area (Å²) in [6.07, 6.45) is 5.12. The first-order chi connectivity index (χ1) is 18.5. The molecule has 11 nitrogen and oxygen atoms in total. The van der Waals surface area contributed by atoms with Gasteiger partial charge in [-0.15, -0.1) is 0 Å². The van der Waals surface area contributed by atoms with Gasteiger partial charge in [-0.3, -0.25) is 24.7 Å². The largest absolute Gasteiger partial charge is 0.394 e. The van der Waals surface area contributed by atoms with Crippen molar-refractivity contribution in [2.75, 3.05) is 26.4 Å². The standard InChI is InChI=1S/C27H33N7O4/c28-33-25(17-34(15-23-5-1-3-11-29-23)16-24-6-2-4-12-30-24)14-31-22-9-7-21(8-10-22)13-26(38)32-27(18-35,19-36)20-37/h1-12,14,35-37H,13,15-20,28H2,(H,32,38). The van der Waals surface area contributed by atoms with Gasteiger partial charge in [0.1, 0.15) is 5.54 Å². The smallest absolute Gasteiger partial charge is 0.225 e. The number of aliphatic hydroxyl groups is 3. The Labute approximate surface area is 221 Å². The van der Waals surface area contributed by atoms with Crippen LogP contribution in [0.5, 0.6) is 0 Å². The van der Waals surface area contributed by atoms with Gasteiger partial charge in [0.15, 0.2) is 0 Å². The number of nitrogens with two attached hydrogens (primary N) is 1. The van der Waals surface area contributed by atoms with Gasteiger partial charge in [0.25, 0.3) is 0 Å². The lowest BCUT2D eigenvalue weighted by Crippen LogP contribution is -2.57. The third-order valence-corrected chi connectivity index (χ3v) is 5.75. The minimum absolute atomic E-state index is 0.0112. The molecule has 38 heavy (non-hydrogen) atoms. The van der Waals surface area contributed by atoms with Gasteiger partial charge in [-0.05, 0) is 42.0 Å². The van der Waals surface area contributed by atoms with Crippen LogP contribution in [0.2, 0.25) is 0 Å². The van der Waals surface area contributed by atoms with Crippen LogP contribution in [0.3, 0.4) is 0 Å². The molecule has 0 spiro atoms. The van der Waals surface area contributed by atoms with Crippen molar-refractivity contribution in [1.29, 1.82) is 0 Å². The van der Waals surface area contributed by atoms with Crippen LogP contribution in [0.25, 0.3) is 0 Å². The maximum absolute atomic E-state index is 12.3. The van der Waals surface area contributed by atoms with Crippen LogP contribution >= 0.6 is 0 Å². The van der Waals surface area contributed by atoms with E-state index in [0.717, 1.165) is 11.4 Å². The van der Waals surface area contributed by atoms with Crippen LogP contribution < -0.4 is 11.2 Å². The minimum Gasteiger partial charge on any atom is -0.394 e. The number of pyridine rings is 2. The summed E-state index contributed by atoms with van der Waals surface area (Å²) < 4.78 is 0. The monoisotopic (exact) mass is 519 g/mol. The summed E-state index contributed by atoms with van der Waals surface area (Å²) in [5.74, 6) is 5.24. The molecule has 2 aromatic heterocycles. The second-order valence-electron chi connectivity index (χ2n) is 8.81. The van der Waals surface area contributed by atoms with Crippen LogP contribution in [-0.2, 0) is 24.3 Å². The summed E-state index contributed by atoms with van der Waals surface area (Å²) >= 11 is 0. The van der Waals surface area contributed by atoms with Crippen LogP contribution in [0.1, 0.15) is 17.0 Å². The predicted molar refractivity (Wildman–Crippen MR) is 145 cm³/mol. The third kappa shape index (κ3) is 8.82. The molecule has 0 atom stereocenters. The molecule has 6 N–H and O–H groups in total. The van der Waals surface area contributed by atoms with E-state index in [9.17, 15) is 20.1 Å². The van der Waals surface area contributed by atoms with E-state index in [1.807, 2.05) is 36.4 Å². The van der Waals surface area contributed by atoms with Gasteiger partial charge in [0.05, 0.1) is 55.2 Å². The average molecular weight is 520 g/mol. The summed E-state index contributed by atoms with van der Waals surface area (Å²) in [4.78, 5) is 27.7. The van der Waals surface area contributed by atoms with E-state index in [0.29, 0.717) is 36.6 Å². The zero-order valence-electron chi connectivity index (χ0n) is 21.0. The fourth-order valence-electron chi connectivity index (χ4n) is 3.60. The van der Waals surface area contributed by atoms with Gasteiger partial charge in [-0.1, -0.05) is 24.3 Å². The fourth-order valence-corrected chi connectivity index (χ4v) is 3.60. The molecule has 0 saturated heterocycles. The van der Waals surface area contributed by atoms with Gasteiger partial charge in [0, 0.05) is 32.0 Å². The van der Waals surface area contributed by atoms with Gasteiger partial charge < -0.3 is 26.5 Å². The van der Waals surface area contributed by atoms with Gasteiger partial charge >= 0.3 is 0 Å². The van der Waals surface area contributed by atoms with Crippen LogP contribution in [-0.4, -0.2) is 79.9 Å². The molecular formula is C27H33N7O4. The Morgan fingerprint density at radius 3 is 1.97 bits per heavy atom. The van der Waals surface area contributed by atoms with Crippen molar-refractivity contribution in [2.45, 2.75) is 25.0 Å². The van der Waals surface area contributed by atoms with Crippen molar-refractivity contribution in [1.82, 2.24) is 20.2 Å². The SMILES string of the molecule is NN=C(C=Nc1ccc(CC(=O)NC(CO)(CO)CO)cc1)CN(Cc1ccccn1)Cc1ccccn1. The number of aromatic nitrogens is 2. The van der Waals surface area contributed by atoms with E-state index in [1.54, 1.807) is 42.9 Å². The first-order valence-electron chi connectivity index (χ1n) is 12.0. The highest BCUT2D eigenvalue weighted by Gasteiger charge is 2.29. The summed E-state index contributed by atoms with van der Waals surface area (Å²) in [6.45, 7) is -0.160. The summed E-state index contributed by atoms with van der Waals surface area (Å²) in [5, 5.41) is 34.5. The Morgan fingerprint density at radius 2 is 1.50 bits per heavy atom. The molecule has 0 radical (unpaired) electrons. The molecule has 0 fully saturated rings. The molecule has 0 aliphatic heterocycles. The number of carbonyl (C=O) groups excluding carboxylic acids is 1. The number of hydrazone groups is 1. The molecule has 3 aromatic rings. The van der Waals surface area contributed by atoms with Crippen molar-refractivity contribution in [3.8, 4) is 0 Å². The lowest BCUT2D eigenvalue weighted by molar-refractivity contribution is -0.124. The number of carbonyl (C=O) groups is 1. The van der Waals surface area contributed by atoms with Crippen LogP contribution in [0.15, 0.2) is 83.2 Å². The molecule has 0 bridgehead atoms. The Bertz CT molecular complexity index is 1140. The second-order valence-corrected chi connectivity index (χ2v) is 8.81. The molecule has 0 saturated carbocycles. The Hall–Kier alpha value is -4.03.